The maximum atomic E-state index is 13.8. The smallest absolute Gasteiger partial charge is 0.267 e. The van der Waals surface area contributed by atoms with Crippen LogP contribution in [0.5, 0.6) is 5.75 Å². The Kier molecular flexibility index (Phi) is 6.32. The number of halogens is 1. The molecule has 0 saturated heterocycles. The van der Waals surface area contributed by atoms with Gasteiger partial charge in [0.25, 0.3) is 5.56 Å². The van der Waals surface area contributed by atoms with Crippen LogP contribution >= 0.6 is 0 Å². The number of hydrogen-bond donors (Lipinski definition) is 1. The van der Waals surface area contributed by atoms with Crippen molar-refractivity contribution >= 4 is 22.5 Å². The molecule has 0 bridgehead atoms. The highest BCUT2D eigenvalue weighted by Crippen LogP contribution is 2.20. The van der Waals surface area contributed by atoms with Gasteiger partial charge in [-0.05, 0) is 65.7 Å². The van der Waals surface area contributed by atoms with Gasteiger partial charge in [0.05, 0.1) is 25.6 Å². The number of carbonyl (C=O) groups excluding carboxylic acids is 1. The van der Waals surface area contributed by atoms with E-state index < -0.39 is 0 Å². The van der Waals surface area contributed by atoms with Crippen molar-refractivity contribution in [2.24, 2.45) is 0 Å². The monoisotopic (exact) mass is 482 g/mol. The zero-order chi connectivity index (χ0) is 25.1. The molecule has 0 atom stereocenters. The van der Waals surface area contributed by atoms with E-state index in [-0.39, 0.29) is 30.2 Å². The second kappa shape index (κ2) is 9.87. The van der Waals surface area contributed by atoms with Crippen LogP contribution in [0.3, 0.4) is 0 Å². The van der Waals surface area contributed by atoms with E-state index in [0.29, 0.717) is 22.8 Å². The zero-order valence-electron chi connectivity index (χ0n) is 19.5. The maximum absolute atomic E-state index is 13.8. The van der Waals surface area contributed by atoms with E-state index in [0.717, 1.165) is 16.5 Å². The molecule has 3 aromatic carbocycles. The van der Waals surface area contributed by atoms with Gasteiger partial charge < -0.3 is 10.1 Å². The van der Waals surface area contributed by atoms with Crippen LogP contribution in [0.25, 0.3) is 16.7 Å². The van der Waals surface area contributed by atoms with Gasteiger partial charge in [0, 0.05) is 23.3 Å². The molecule has 5 aromatic rings. The Morgan fingerprint density at radius 3 is 2.67 bits per heavy atom. The Labute approximate surface area is 206 Å². The van der Waals surface area contributed by atoms with Crippen LogP contribution in [0.1, 0.15) is 11.1 Å². The SMILES string of the molecule is COc1cccc(CC(=O)Nc2cccc(Cn3nc(-n4ccc5ccc(F)cc54)ccc3=O)c2)c1. The predicted octanol–water partition coefficient (Wildman–Crippen LogP) is 4.56. The second-order valence-electron chi connectivity index (χ2n) is 8.35. The fourth-order valence-corrected chi connectivity index (χ4v) is 4.07. The van der Waals surface area contributed by atoms with Crippen molar-refractivity contribution in [3.63, 3.8) is 0 Å². The summed E-state index contributed by atoms with van der Waals surface area (Å²) in [6.07, 6.45) is 2.00. The molecule has 0 radical (unpaired) electrons. The quantitative estimate of drug-likeness (QED) is 0.369. The molecule has 0 aliphatic rings. The fraction of sp³-hybridized carbons (Fsp3) is 0.107. The molecule has 0 unspecified atom stereocenters. The van der Waals surface area contributed by atoms with Crippen LogP contribution < -0.4 is 15.6 Å². The summed E-state index contributed by atoms with van der Waals surface area (Å²) < 4.78 is 22.1. The van der Waals surface area contributed by atoms with Gasteiger partial charge in [-0.15, -0.1) is 0 Å². The summed E-state index contributed by atoms with van der Waals surface area (Å²) in [5.41, 5.74) is 2.65. The van der Waals surface area contributed by atoms with E-state index in [1.807, 2.05) is 48.5 Å². The number of aromatic nitrogens is 3. The first-order valence-electron chi connectivity index (χ1n) is 11.4. The van der Waals surface area contributed by atoms with Crippen molar-refractivity contribution in [3.05, 3.63) is 118 Å². The largest absolute Gasteiger partial charge is 0.497 e. The van der Waals surface area contributed by atoms with Gasteiger partial charge >= 0.3 is 0 Å². The molecule has 2 heterocycles. The number of fused-ring (bicyclic) bond motifs is 1. The van der Waals surface area contributed by atoms with Gasteiger partial charge in [-0.3, -0.25) is 14.2 Å². The number of benzene rings is 3. The third-order valence-corrected chi connectivity index (χ3v) is 5.80. The van der Waals surface area contributed by atoms with E-state index in [2.05, 4.69) is 10.4 Å². The lowest BCUT2D eigenvalue weighted by Gasteiger charge is -2.11. The van der Waals surface area contributed by atoms with Crippen molar-refractivity contribution in [2.45, 2.75) is 13.0 Å². The van der Waals surface area contributed by atoms with Gasteiger partial charge in [0.2, 0.25) is 5.91 Å². The summed E-state index contributed by atoms with van der Waals surface area (Å²) in [5, 5.41) is 8.27. The summed E-state index contributed by atoms with van der Waals surface area (Å²) >= 11 is 0. The normalized spacial score (nSPS) is 10.9. The number of ether oxygens (including phenoxy) is 1. The maximum Gasteiger partial charge on any atom is 0.267 e. The highest BCUT2D eigenvalue weighted by atomic mass is 19.1. The minimum Gasteiger partial charge on any atom is -0.497 e. The van der Waals surface area contributed by atoms with Gasteiger partial charge in [0.1, 0.15) is 11.6 Å². The topological polar surface area (TPSA) is 78.2 Å². The predicted molar refractivity (Wildman–Crippen MR) is 136 cm³/mol. The molecule has 0 spiro atoms. The Balaban J connectivity index is 1.34. The molecule has 7 nitrogen and oxygen atoms in total. The number of anilines is 1. The highest BCUT2D eigenvalue weighted by Gasteiger charge is 2.10. The third-order valence-electron chi connectivity index (χ3n) is 5.80. The number of methoxy groups -OCH3 is 1. The van der Waals surface area contributed by atoms with E-state index in [1.165, 1.54) is 22.9 Å². The first-order chi connectivity index (χ1) is 17.5. The molecule has 180 valence electrons. The van der Waals surface area contributed by atoms with Crippen molar-refractivity contribution in [2.75, 3.05) is 12.4 Å². The first-order valence-corrected chi connectivity index (χ1v) is 11.4. The van der Waals surface area contributed by atoms with Gasteiger partial charge in [0.15, 0.2) is 5.82 Å². The lowest BCUT2D eigenvalue weighted by molar-refractivity contribution is -0.115. The molecule has 0 aliphatic heterocycles. The van der Waals surface area contributed by atoms with Crippen molar-refractivity contribution < 1.29 is 13.9 Å². The van der Waals surface area contributed by atoms with Crippen LogP contribution in [-0.4, -0.2) is 27.4 Å². The third kappa shape index (κ3) is 5.02. The number of hydrogen-bond acceptors (Lipinski definition) is 4. The number of nitrogens with one attached hydrogen (secondary N) is 1. The Morgan fingerprint density at radius 1 is 0.972 bits per heavy atom. The molecule has 1 amide bonds. The zero-order valence-corrected chi connectivity index (χ0v) is 19.5. The molecule has 1 N–H and O–H groups in total. The molecule has 2 aromatic heterocycles. The number of carbonyl (C=O) groups is 1. The molecule has 0 fully saturated rings. The van der Waals surface area contributed by atoms with E-state index in [4.69, 9.17) is 4.74 Å². The van der Waals surface area contributed by atoms with Gasteiger partial charge in [-0.1, -0.05) is 24.3 Å². The number of nitrogens with zero attached hydrogens (tertiary/aromatic N) is 3. The van der Waals surface area contributed by atoms with E-state index in [9.17, 15) is 14.0 Å². The van der Waals surface area contributed by atoms with Crippen LogP contribution in [0, 0.1) is 5.82 Å². The summed E-state index contributed by atoms with van der Waals surface area (Å²) in [4.78, 5) is 25.1. The second-order valence-corrected chi connectivity index (χ2v) is 8.35. The van der Waals surface area contributed by atoms with E-state index in [1.54, 1.807) is 36.1 Å². The van der Waals surface area contributed by atoms with Crippen LogP contribution in [-0.2, 0) is 17.8 Å². The first kappa shape index (κ1) is 23.0. The lowest BCUT2D eigenvalue weighted by Crippen LogP contribution is -2.24. The van der Waals surface area contributed by atoms with Crippen LogP contribution in [0.15, 0.2) is 95.9 Å². The summed E-state index contributed by atoms with van der Waals surface area (Å²) in [5.74, 6) is 0.684. The molecule has 36 heavy (non-hydrogen) atoms. The number of rotatable bonds is 7. The standard InChI is InChI=1S/C28H23FN4O3/c1-36-24-7-3-4-19(15-24)16-27(34)30-23-6-2-5-20(14-23)18-33-28(35)11-10-26(31-33)32-13-12-21-8-9-22(29)17-25(21)32/h2-15,17H,16,18H2,1H3,(H,30,34). The molecular weight excluding hydrogens is 459 g/mol. The summed E-state index contributed by atoms with van der Waals surface area (Å²) in [6, 6.07) is 24.1. The average molecular weight is 483 g/mol. The Bertz CT molecular complexity index is 1620. The highest BCUT2D eigenvalue weighted by molar-refractivity contribution is 5.92. The Morgan fingerprint density at radius 2 is 1.81 bits per heavy atom. The average Bonchev–Trinajstić information content (AvgIpc) is 3.28. The number of amides is 1. The summed E-state index contributed by atoms with van der Waals surface area (Å²) in [6.45, 7) is 0.208. The van der Waals surface area contributed by atoms with Crippen molar-refractivity contribution in [3.8, 4) is 11.6 Å². The minimum absolute atomic E-state index is 0.163. The fourth-order valence-electron chi connectivity index (χ4n) is 4.07. The molecule has 8 heteroatoms. The van der Waals surface area contributed by atoms with Crippen LogP contribution in [0.4, 0.5) is 10.1 Å². The van der Waals surface area contributed by atoms with Gasteiger partial charge in [-0.2, -0.15) is 5.10 Å². The molecule has 0 saturated carbocycles. The van der Waals surface area contributed by atoms with Crippen molar-refractivity contribution in [1.82, 2.24) is 14.3 Å². The Hall–Kier alpha value is -4.72. The summed E-state index contributed by atoms with van der Waals surface area (Å²) in [7, 11) is 1.58. The molecular formula is C28H23FN4O3. The van der Waals surface area contributed by atoms with Gasteiger partial charge in [-0.25, -0.2) is 9.07 Å². The van der Waals surface area contributed by atoms with E-state index >= 15 is 0 Å². The molecule has 5 rings (SSSR count). The minimum atomic E-state index is -0.346. The lowest BCUT2D eigenvalue weighted by atomic mass is 10.1. The van der Waals surface area contributed by atoms with Crippen molar-refractivity contribution in [1.29, 1.82) is 0 Å². The molecule has 0 aliphatic carbocycles. The van der Waals surface area contributed by atoms with Crippen LogP contribution in [0.2, 0.25) is 0 Å².